The number of hydrogen-bond acceptors (Lipinski definition) is 6. The number of carboxylic acid groups (broad SMARTS) is 1. The van der Waals surface area contributed by atoms with Gasteiger partial charge in [0, 0.05) is 33.7 Å². The van der Waals surface area contributed by atoms with Gasteiger partial charge < -0.3 is 24.4 Å². The van der Waals surface area contributed by atoms with E-state index in [4.69, 9.17) is 19.4 Å². The number of carbonyl (C=O) groups excluding carboxylic acids is 2. The highest BCUT2D eigenvalue weighted by Crippen LogP contribution is 2.25. The van der Waals surface area contributed by atoms with E-state index in [2.05, 4.69) is 4.90 Å². The van der Waals surface area contributed by atoms with Crippen molar-refractivity contribution in [1.29, 1.82) is 0 Å². The molecule has 0 aromatic heterocycles. The van der Waals surface area contributed by atoms with Crippen LogP contribution >= 0.6 is 0 Å². The third-order valence-corrected chi connectivity index (χ3v) is 5.07. The Morgan fingerprint density at radius 2 is 1.81 bits per heavy atom. The highest BCUT2D eigenvalue weighted by atomic mass is 19.4. The third-order valence-electron chi connectivity index (χ3n) is 5.07. The van der Waals surface area contributed by atoms with Gasteiger partial charge in [-0.05, 0) is 17.7 Å². The fraction of sp³-hybridized carbons (Fsp3) is 0.550. The zero-order valence-electron chi connectivity index (χ0n) is 18.0. The highest BCUT2D eigenvalue weighted by Gasteiger charge is 2.43. The summed E-state index contributed by atoms with van der Waals surface area (Å²) in [6.45, 7) is 2.43. The van der Waals surface area contributed by atoms with E-state index in [0.29, 0.717) is 6.54 Å². The van der Waals surface area contributed by atoms with Gasteiger partial charge in [-0.25, -0.2) is 4.79 Å². The van der Waals surface area contributed by atoms with Crippen LogP contribution in [0.4, 0.5) is 13.2 Å². The van der Waals surface area contributed by atoms with E-state index in [-0.39, 0.29) is 37.1 Å². The molecule has 2 atom stereocenters. The standard InChI is InChI=1S/C18H25N3O4.C2HF3O2/c1-19(2)17(22)11-21-15-9-20(10-16(15)25-12-18(21)23)8-13-4-6-14(24-3)7-5-13;3-2(4,5)1(6)7/h4-7,15-16H,8-12H2,1-3H3;(H,6,7)/t15-,16-;/m1./s1. The number of fused-ring (bicyclic) bond motifs is 1. The zero-order chi connectivity index (χ0) is 24.1. The van der Waals surface area contributed by atoms with Crippen LogP contribution in [0, 0.1) is 0 Å². The normalized spacial score (nSPS) is 20.8. The van der Waals surface area contributed by atoms with E-state index < -0.39 is 12.1 Å². The number of rotatable bonds is 5. The van der Waals surface area contributed by atoms with E-state index in [1.807, 2.05) is 24.3 Å². The van der Waals surface area contributed by atoms with Crippen LogP contribution in [-0.2, 0) is 25.7 Å². The predicted molar refractivity (Wildman–Crippen MR) is 106 cm³/mol. The minimum Gasteiger partial charge on any atom is -0.497 e. The van der Waals surface area contributed by atoms with E-state index in [1.54, 1.807) is 26.1 Å². The Morgan fingerprint density at radius 1 is 1.22 bits per heavy atom. The Labute approximate surface area is 183 Å². The molecule has 0 aliphatic carbocycles. The van der Waals surface area contributed by atoms with Crippen LogP contribution < -0.4 is 4.74 Å². The van der Waals surface area contributed by atoms with E-state index in [1.165, 1.54) is 10.5 Å². The summed E-state index contributed by atoms with van der Waals surface area (Å²) in [4.78, 5) is 38.6. The predicted octanol–water partition coefficient (Wildman–Crippen LogP) is 0.828. The fourth-order valence-electron chi connectivity index (χ4n) is 3.35. The molecule has 1 aromatic rings. The van der Waals surface area contributed by atoms with E-state index in [0.717, 1.165) is 18.8 Å². The molecule has 2 fully saturated rings. The van der Waals surface area contributed by atoms with Crippen molar-refractivity contribution in [2.75, 3.05) is 47.4 Å². The Hall–Kier alpha value is -2.86. The second-order valence-corrected chi connectivity index (χ2v) is 7.57. The van der Waals surface area contributed by atoms with Crippen LogP contribution in [0.25, 0.3) is 0 Å². The summed E-state index contributed by atoms with van der Waals surface area (Å²) in [6, 6.07) is 7.91. The summed E-state index contributed by atoms with van der Waals surface area (Å²) in [5, 5.41) is 7.12. The van der Waals surface area contributed by atoms with Gasteiger partial charge >= 0.3 is 12.1 Å². The summed E-state index contributed by atoms with van der Waals surface area (Å²) >= 11 is 0. The van der Waals surface area contributed by atoms with Crippen molar-refractivity contribution in [2.45, 2.75) is 24.9 Å². The van der Waals surface area contributed by atoms with Gasteiger partial charge in [-0.3, -0.25) is 14.5 Å². The lowest BCUT2D eigenvalue weighted by Crippen LogP contribution is -2.56. The molecular weight excluding hydrogens is 435 g/mol. The van der Waals surface area contributed by atoms with Gasteiger partial charge in [-0.2, -0.15) is 13.2 Å². The van der Waals surface area contributed by atoms with Crippen molar-refractivity contribution >= 4 is 17.8 Å². The minimum atomic E-state index is -5.08. The molecule has 0 saturated carbocycles. The second kappa shape index (κ2) is 10.6. The van der Waals surface area contributed by atoms with E-state index >= 15 is 0 Å². The average molecular weight is 461 g/mol. The van der Waals surface area contributed by atoms with Crippen LogP contribution in [0.3, 0.4) is 0 Å². The molecule has 2 aliphatic heterocycles. The van der Waals surface area contributed by atoms with Crippen molar-refractivity contribution in [3.63, 3.8) is 0 Å². The summed E-state index contributed by atoms with van der Waals surface area (Å²) in [7, 11) is 5.06. The maximum atomic E-state index is 12.2. The first-order valence-electron chi connectivity index (χ1n) is 9.69. The number of amides is 2. The number of likely N-dealkylation sites (N-methyl/N-ethyl adjacent to an activating group) is 1. The highest BCUT2D eigenvalue weighted by molar-refractivity contribution is 5.86. The molecule has 178 valence electrons. The smallest absolute Gasteiger partial charge is 0.490 e. The van der Waals surface area contributed by atoms with Crippen molar-refractivity contribution in [3.05, 3.63) is 29.8 Å². The van der Waals surface area contributed by atoms with Crippen molar-refractivity contribution < 1.29 is 42.1 Å². The number of nitrogens with zero attached hydrogens (tertiary/aromatic N) is 3. The molecule has 1 N–H and O–H groups in total. The van der Waals surface area contributed by atoms with Gasteiger partial charge in [-0.15, -0.1) is 0 Å². The summed E-state index contributed by atoms with van der Waals surface area (Å²) in [6.07, 6.45) is -5.12. The van der Waals surface area contributed by atoms with Gasteiger partial charge in [0.15, 0.2) is 0 Å². The first-order chi connectivity index (χ1) is 14.9. The van der Waals surface area contributed by atoms with Crippen molar-refractivity contribution in [2.24, 2.45) is 0 Å². The molecule has 9 nitrogen and oxygen atoms in total. The van der Waals surface area contributed by atoms with Crippen LogP contribution in [-0.4, -0.2) is 103 Å². The number of hydrogen-bond donors (Lipinski definition) is 1. The van der Waals surface area contributed by atoms with Gasteiger partial charge in [0.05, 0.1) is 19.3 Å². The number of methoxy groups -OCH3 is 1. The molecule has 32 heavy (non-hydrogen) atoms. The molecular formula is C20H26F3N3O6. The van der Waals surface area contributed by atoms with Gasteiger partial charge in [0.1, 0.15) is 18.9 Å². The summed E-state index contributed by atoms with van der Waals surface area (Å²) in [5.41, 5.74) is 1.18. The second-order valence-electron chi connectivity index (χ2n) is 7.57. The van der Waals surface area contributed by atoms with Gasteiger partial charge in [-0.1, -0.05) is 12.1 Å². The maximum absolute atomic E-state index is 12.2. The molecule has 3 rings (SSSR count). The van der Waals surface area contributed by atoms with Crippen LogP contribution in [0.1, 0.15) is 5.56 Å². The van der Waals surface area contributed by atoms with Crippen LogP contribution in [0.2, 0.25) is 0 Å². The average Bonchev–Trinajstić information content (AvgIpc) is 3.13. The molecule has 0 spiro atoms. The number of halogens is 3. The SMILES string of the molecule is COc1ccc(CN2C[C@@H]3[C@@H](C2)OCC(=O)N3CC(=O)N(C)C)cc1.O=C(O)C(F)(F)F. The van der Waals surface area contributed by atoms with Gasteiger partial charge in [0.25, 0.3) is 0 Å². The maximum Gasteiger partial charge on any atom is 0.490 e. The molecule has 1 aromatic carbocycles. The quantitative estimate of drug-likeness (QED) is 0.694. The van der Waals surface area contributed by atoms with E-state index in [9.17, 15) is 22.8 Å². The molecule has 2 heterocycles. The first-order valence-corrected chi connectivity index (χ1v) is 9.69. The number of ether oxygens (including phenoxy) is 2. The number of morpholine rings is 1. The fourth-order valence-corrected chi connectivity index (χ4v) is 3.35. The zero-order valence-corrected chi connectivity index (χ0v) is 18.0. The van der Waals surface area contributed by atoms with Gasteiger partial charge in [0.2, 0.25) is 11.8 Å². The molecule has 0 unspecified atom stereocenters. The number of carbonyl (C=O) groups is 3. The minimum absolute atomic E-state index is 0.0362. The molecule has 2 amide bonds. The lowest BCUT2D eigenvalue weighted by atomic mass is 10.1. The van der Waals surface area contributed by atoms with Crippen LogP contribution in [0.5, 0.6) is 5.75 Å². The van der Waals surface area contributed by atoms with Crippen LogP contribution in [0.15, 0.2) is 24.3 Å². The topological polar surface area (TPSA) is 99.6 Å². The Morgan fingerprint density at radius 3 is 2.31 bits per heavy atom. The molecule has 2 aliphatic rings. The monoisotopic (exact) mass is 461 g/mol. The third kappa shape index (κ3) is 6.82. The molecule has 0 bridgehead atoms. The largest absolute Gasteiger partial charge is 0.497 e. The van der Waals surface area contributed by atoms with Crippen molar-refractivity contribution in [3.8, 4) is 5.75 Å². The number of alkyl halides is 3. The summed E-state index contributed by atoms with van der Waals surface area (Å²) < 4.78 is 42.6. The summed E-state index contributed by atoms with van der Waals surface area (Å²) in [5.74, 6) is -2.10. The number of aliphatic carboxylic acids is 1. The molecule has 12 heteroatoms. The van der Waals surface area contributed by atoms with Crippen molar-refractivity contribution in [1.82, 2.24) is 14.7 Å². The Bertz CT molecular complexity index is 816. The lowest BCUT2D eigenvalue weighted by molar-refractivity contribution is -0.192. The molecule has 2 saturated heterocycles. The first kappa shape index (κ1) is 25.4. The number of likely N-dealkylation sites (tertiary alicyclic amines) is 1. The Kier molecular flexibility index (Phi) is 8.44. The number of benzene rings is 1. The number of carboxylic acids is 1. The Balaban J connectivity index is 0.000000451. The lowest BCUT2D eigenvalue weighted by Gasteiger charge is -2.36. The molecule has 0 radical (unpaired) electrons.